The molecule has 2 aromatic rings. The molecule has 2 rings (SSSR count). The van der Waals surface area contributed by atoms with E-state index in [1.165, 1.54) is 6.07 Å². The van der Waals surface area contributed by atoms with Crippen molar-refractivity contribution in [1.82, 2.24) is 4.98 Å². The van der Waals surface area contributed by atoms with E-state index >= 15 is 0 Å². The van der Waals surface area contributed by atoms with Crippen molar-refractivity contribution in [3.63, 3.8) is 0 Å². The van der Waals surface area contributed by atoms with Crippen LogP contribution in [-0.2, 0) is 0 Å². The summed E-state index contributed by atoms with van der Waals surface area (Å²) in [5.41, 5.74) is -0.0960. The smallest absolute Gasteiger partial charge is 0.288 e. The SMILES string of the molecule is O=[N+]([O-])c1cnc(Oc2ccccc2Br)c(Br)c1. The maximum Gasteiger partial charge on any atom is 0.288 e. The van der Waals surface area contributed by atoms with Crippen LogP contribution >= 0.6 is 31.9 Å². The highest BCUT2D eigenvalue weighted by Gasteiger charge is 2.12. The van der Waals surface area contributed by atoms with E-state index in [2.05, 4.69) is 36.8 Å². The number of nitro groups is 1. The van der Waals surface area contributed by atoms with Gasteiger partial charge in [0.15, 0.2) is 0 Å². The Kier molecular flexibility index (Phi) is 3.93. The van der Waals surface area contributed by atoms with E-state index in [9.17, 15) is 10.1 Å². The van der Waals surface area contributed by atoms with E-state index in [0.717, 1.165) is 10.7 Å². The first-order valence-electron chi connectivity index (χ1n) is 4.80. The Bertz CT molecular complexity index is 605. The Balaban J connectivity index is 2.30. The summed E-state index contributed by atoms with van der Waals surface area (Å²) in [6.45, 7) is 0. The Hall–Kier alpha value is -1.47. The second-order valence-electron chi connectivity index (χ2n) is 3.27. The van der Waals surface area contributed by atoms with E-state index in [1.54, 1.807) is 6.07 Å². The summed E-state index contributed by atoms with van der Waals surface area (Å²) in [4.78, 5) is 14.0. The molecule has 0 aliphatic carbocycles. The number of aromatic nitrogens is 1. The van der Waals surface area contributed by atoms with Gasteiger partial charge in [-0.15, -0.1) is 0 Å². The van der Waals surface area contributed by atoms with Gasteiger partial charge < -0.3 is 4.74 Å². The minimum Gasteiger partial charge on any atom is -0.437 e. The number of rotatable bonds is 3. The van der Waals surface area contributed by atoms with Crippen molar-refractivity contribution in [2.24, 2.45) is 0 Å². The molecule has 0 aliphatic rings. The largest absolute Gasteiger partial charge is 0.437 e. The summed E-state index contributed by atoms with van der Waals surface area (Å²) in [5.74, 6) is 0.854. The Labute approximate surface area is 119 Å². The predicted octanol–water partition coefficient (Wildman–Crippen LogP) is 4.31. The Morgan fingerprint density at radius 2 is 1.94 bits per heavy atom. The summed E-state index contributed by atoms with van der Waals surface area (Å²) in [5, 5.41) is 10.6. The molecule has 5 nitrogen and oxygen atoms in total. The number of para-hydroxylation sites is 1. The lowest BCUT2D eigenvalue weighted by atomic mass is 10.3. The lowest BCUT2D eigenvalue weighted by Crippen LogP contribution is -1.93. The lowest BCUT2D eigenvalue weighted by Gasteiger charge is -2.07. The molecule has 0 saturated carbocycles. The van der Waals surface area contributed by atoms with Crippen molar-refractivity contribution in [3.8, 4) is 11.6 Å². The third kappa shape index (κ3) is 2.85. The van der Waals surface area contributed by atoms with Crippen LogP contribution in [0.1, 0.15) is 0 Å². The quantitative estimate of drug-likeness (QED) is 0.594. The Morgan fingerprint density at radius 3 is 2.56 bits per heavy atom. The number of hydrogen-bond donors (Lipinski definition) is 0. The average Bonchev–Trinajstić information content (AvgIpc) is 2.34. The molecule has 1 aromatic carbocycles. The molecule has 0 spiro atoms. The standard InChI is InChI=1S/C11H6Br2N2O3/c12-8-3-1-2-4-10(8)18-11-9(13)5-7(6-14-11)15(16)17/h1-6H. The van der Waals surface area contributed by atoms with Crippen molar-refractivity contribution in [2.45, 2.75) is 0 Å². The van der Waals surface area contributed by atoms with E-state index in [1.807, 2.05) is 18.2 Å². The first-order chi connectivity index (χ1) is 8.58. The highest BCUT2D eigenvalue weighted by molar-refractivity contribution is 9.11. The molecule has 0 aliphatic heterocycles. The maximum atomic E-state index is 10.6. The van der Waals surface area contributed by atoms with Gasteiger partial charge in [0, 0.05) is 6.07 Å². The van der Waals surface area contributed by atoms with Gasteiger partial charge in [0.2, 0.25) is 5.88 Å². The van der Waals surface area contributed by atoms with Crippen LogP contribution in [0.5, 0.6) is 11.6 Å². The molecule has 7 heteroatoms. The number of pyridine rings is 1. The Morgan fingerprint density at radius 1 is 1.22 bits per heavy atom. The van der Waals surface area contributed by atoms with Crippen molar-refractivity contribution in [2.75, 3.05) is 0 Å². The first-order valence-corrected chi connectivity index (χ1v) is 6.39. The van der Waals surface area contributed by atoms with Gasteiger partial charge in [0.25, 0.3) is 5.69 Å². The van der Waals surface area contributed by atoms with Crippen molar-refractivity contribution in [1.29, 1.82) is 0 Å². The van der Waals surface area contributed by atoms with Crippen LogP contribution in [0.15, 0.2) is 45.5 Å². The van der Waals surface area contributed by atoms with Crippen LogP contribution in [0, 0.1) is 10.1 Å². The van der Waals surface area contributed by atoms with Crippen LogP contribution in [0.3, 0.4) is 0 Å². The summed E-state index contributed by atoms with van der Waals surface area (Å²) in [6.07, 6.45) is 1.15. The van der Waals surface area contributed by atoms with Gasteiger partial charge in [0.1, 0.15) is 11.9 Å². The van der Waals surface area contributed by atoms with E-state index in [0.29, 0.717) is 10.2 Å². The van der Waals surface area contributed by atoms with Gasteiger partial charge >= 0.3 is 0 Å². The summed E-state index contributed by atoms with van der Waals surface area (Å²) < 4.78 is 6.75. The zero-order valence-corrected chi connectivity index (χ0v) is 12.0. The van der Waals surface area contributed by atoms with Crippen molar-refractivity contribution in [3.05, 3.63) is 55.6 Å². The molecule has 0 fully saturated rings. The molecule has 0 radical (unpaired) electrons. The van der Waals surface area contributed by atoms with Crippen molar-refractivity contribution < 1.29 is 9.66 Å². The topological polar surface area (TPSA) is 65.3 Å². The summed E-state index contributed by atoms with van der Waals surface area (Å²) >= 11 is 6.53. The fraction of sp³-hybridized carbons (Fsp3) is 0. The van der Waals surface area contributed by atoms with Gasteiger partial charge in [-0.25, -0.2) is 4.98 Å². The molecule has 1 heterocycles. The minimum atomic E-state index is -0.514. The van der Waals surface area contributed by atoms with Crippen molar-refractivity contribution >= 4 is 37.5 Å². The molecule has 92 valence electrons. The number of nitrogens with zero attached hydrogens (tertiary/aromatic N) is 2. The monoisotopic (exact) mass is 372 g/mol. The number of benzene rings is 1. The fourth-order valence-electron chi connectivity index (χ4n) is 1.22. The van der Waals surface area contributed by atoms with Crippen LogP contribution in [-0.4, -0.2) is 9.91 Å². The van der Waals surface area contributed by atoms with Gasteiger partial charge in [-0.05, 0) is 44.0 Å². The molecule has 0 unspecified atom stereocenters. The molecule has 0 N–H and O–H groups in total. The van der Waals surface area contributed by atoms with Gasteiger partial charge in [-0.3, -0.25) is 10.1 Å². The molecule has 0 atom stereocenters. The normalized spacial score (nSPS) is 10.1. The second-order valence-corrected chi connectivity index (χ2v) is 4.98. The van der Waals surface area contributed by atoms with Crippen LogP contribution < -0.4 is 4.74 Å². The van der Waals surface area contributed by atoms with E-state index < -0.39 is 4.92 Å². The van der Waals surface area contributed by atoms with E-state index in [4.69, 9.17) is 4.74 Å². The van der Waals surface area contributed by atoms with Gasteiger partial charge in [0.05, 0.1) is 13.9 Å². The van der Waals surface area contributed by atoms with Crippen LogP contribution in [0.4, 0.5) is 5.69 Å². The second kappa shape index (κ2) is 5.45. The predicted molar refractivity (Wildman–Crippen MR) is 72.8 cm³/mol. The lowest BCUT2D eigenvalue weighted by molar-refractivity contribution is -0.385. The summed E-state index contributed by atoms with van der Waals surface area (Å²) in [6, 6.07) is 8.61. The van der Waals surface area contributed by atoms with Gasteiger partial charge in [-0.1, -0.05) is 12.1 Å². The minimum absolute atomic E-state index is 0.0960. The molecule has 18 heavy (non-hydrogen) atoms. The number of ether oxygens (including phenoxy) is 1. The van der Waals surface area contributed by atoms with E-state index in [-0.39, 0.29) is 11.6 Å². The van der Waals surface area contributed by atoms with Crippen LogP contribution in [0.2, 0.25) is 0 Å². The first kappa shape index (κ1) is 13.0. The molecule has 0 saturated heterocycles. The molecule has 1 aromatic heterocycles. The maximum absolute atomic E-state index is 10.6. The fourth-order valence-corrected chi connectivity index (χ4v) is 2.01. The average molecular weight is 374 g/mol. The number of halogens is 2. The highest BCUT2D eigenvalue weighted by Crippen LogP contribution is 2.33. The van der Waals surface area contributed by atoms with Gasteiger partial charge in [-0.2, -0.15) is 0 Å². The zero-order valence-electron chi connectivity index (χ0n) is 8.84. The zero-order chi connectivity index (χ0) is 13.1. The molecular weight excluding hydrogens is 368 g/mol. The van der Waals surface area contributed by atoms with Crippen LogP contribution in [0.25, 0.3) is 0 Å². The highest BCUT2D eigenvalue weighted by atomic mass is 79.9. The number of hydrogen-bond acceptors (Lipinski definition) is 4. The molecule has 0 amide bonds. The third-order valence-corrected chi connectivity index (χ3v) is 3.27. The third-order valence-electron chi connectivity index (χ3n) is 2.05. The summed E-state index contributed by atoms with van der Waals surface area (Å²) in [7, 11) is 0. The molecule has 0 bridgehead atoms. The molecular formula is C11H6Br2N2O3.